The molecule has 2 heteroatoms. The van der Waals surface area contributed by atoms with Crippen LogP contribution in [0.3, 0.4) is 0 Å². The van der Waals surface area contributed by atoms with Crippen molar-refractivity contribution in [1.29, 1.82) is 0 Å². The lowest BCUT2D eigenvalue weighted by Crippen LogP contribution is -2.27. The molecule has 14 heavy (non-hydrogen) atoms. The average Bonchev–Trinajstić information content (AvgIpc) is 2.46. The van der Waals surface area contributed by atoms with Crippen LogP contribution in [0.15, 0.2) is 21.7 Å². The van der Waals surface area contributed by atoms with Gasteiger partial charge in [-0.15, -0.1) is 0 Å². The summed E-state index contributed by atoms with van der Waals surface area (Å²) in [5.74, 6) is 0.510. The summed E-state index contributed by atoms with van der Waals surface area (Å²) in [5, 5.41) is 1.06. The number of furan rings is 1. The van der Waals surface area contributed by atoms with E-state index in [1.165, 1.54) is 0 Å². The van der Waals surface area contributed by atoms with Crippen LogP contribution >= 0.6 is 0 Å². The van der Waals surface area contributed by atoms with Gasteiger partial charge in [0.1, 0.15) is 5.42 Å². The zero-order valence-electron chi connectivity index (χ0n) is 8.82. The Morgan fingerprint density at radius 2 is 2.21 bits per heavy atom. The Morgan fingerprint density at radius 1 is 1.43 bits per heavy atom. The Labute approximate surface area is 83.7 Å². The van der Waals surface area contributed by atoms with E-state index >= 15 is 0 Å². The Morgan fingerprint density at radius 3 is 2.93 bits per heavy atom. The van der Waals surface area contributed by atoms with E-state index in [1.54, 1.807) is 6.26 Å². The van der Waals surface area contributed by atoms with E-state index in [0.717, 1.165) is 10.6 Å². The summed E-state index contributed by atoms with van der Waals surface area (Å²) in [7, 11) is 0. The van der Waals surface area contributed by atoms with E-state index in [0.29, 0.717) is 5.92 Å². The molecule has 0 fully saturated rings. The van der Waals surface area contributed by atoms with Crippen molar-refractivity contribution in [1.82, 2.24) is 0 Å². The molecule has 0 aromatic carbocycles. The molecule has 0 saturated heterocycles. The fourth-order valence-electron chi connectivity index (χ4n) is 1.47. The van der Waals surface area contributed by atoms with Gasteiger partial charge in [-0.25, -0.2) is 0 Å². The number of hydrogen-bond donors (Lipinski definition) is 0. The first kappa shape index (κ1) is 9.25. The molecular formula is C12H15NO. The Hall–Kier alpha value is -1.31. The molecule has 2 rings (SSSR count). The summed E-state index contributed by atoms with van der Waals surface area (Å²) < 4.78 is 5.41. The molecule has 0 amide bonds. The van der Waals surface area contributed by atoms with Crippen molar-refractivity contribution in [3.63, 3.8) is 0 Å². The molecule has 74 valence electrons. The second-order valence-corrected chi connectivity index (χ2v) is 4.31. The summed E-state index contributed by atoms with van der Waals surface area (Å²) in [6.45, 7) is 6.56. The summed E-state index contributed by atoms with van der Waals surface area (Å²) >= 11 is 0. The summed E-state index contributed by atoms with van der Waals surface area (Å²) in [6, 6.07) is 1.94. The Bertz CT molecular complexity index is 467. The van der Waals surface area contributed by atoms with Crippen LogP contribution in [-0.4, -0.2) is 6.21 Å². The van der Waals surface area contributed by atoms with Gasteiger partial charge in [-0.1, -0.05) is 20.8 Å². The first-order valence-corrected chi connectivity index (χ1v) is 4.93. The number of nitrogens with zero attached hydrogens (tertiary/aromatic N) is 1. The Kier molecular flexibility index (Phi) is 2.06. The van der Waals surface area contributed by atoms with Gasteiger partial charge in [0.2, 0.25) is 0 Å². The van der Waals surface area contributed by atoms with Gasteiger partial charge in [0.25, 0.3) is 0 Å². The first-order valence-electron chi connectivity index (χ1n) is 4.93. The molecule has 1 atom stereocenters. The fourth-order valence-corrected chi connectivity index (χ4v) is 1.47. The maximum absolute atomic E-state index is 5.41. The summed E-state index contributed by atoms with van der Waals surface area (Å²) in [6.07, 6.45) is 7.70. The summed E-state index contributed by atoms with van der Waals surface area (Å²) in [4.78, 5) is 4.32. The number of fused-ring (bicyclic) bond motifs is 1. The van der Waals surface area contributed by atoms with E-state index < -0.39 is 0 Å². The standard InChI is InChI=1S/C12H15NO/c1-9(2)12(3)6-11-10(4-5-14-11)7-13-8-12/h4-9H,1-3H3. The minimum absolute atomic E-state index is 0.0143. The maximum atomic E-state index is 5.41. The highest BCUT2D eigenvalue weighted by molar-refractivity contribution is 5.77. The quantitative estimate of drug-likeness (QED) is 0.658. The van der Waals surface area contributed by atoms with Gasteiger partial charge < -0.3 is 4.42 Å². The van der Waals surface area contributed by atoms with Crippen molar-refractivity contribution in [3.05, 3.63) is 23.0 Å². The highest BCUT2D eigenvalue weighted by Gasteiger charge is 2.24. The van der Waals surface area contributed by atoms with E-state index in [2.05, 4.69) is 31.8 Å². The van der Waals surface area contributed by atoms with E-state index in [1.807, 2.05) is 18.5 Å². The molecule has 1 aromatic heterocycles. The van der Waals surface area contributed by atoms with Crippen LogP contribution in [0.25, 0.3) is 12.3 Å². The van der Waals surface area contributed by atoms with Crippen molar-refractivity contribution in [2.24, 2.45) is 16.3 Å². The number of hydrogen-bond acceptors (Lipinski definition) is 2. The Balaban J connectivity index is 2.64. The number of aliphatic imine (C=N–C) groups is 1. The molecule has 0 spiro atoms. The van der Waals surface area contributed by atoms with Crippen LogP contribution in [0, 0.1) is 11.3 Å². The van der Waals surface area contributed by atoms with Crippen molar-refractivity contribution >= 4 is 18.5 Å². The molecule has 2 heterocycles. The monoisotopic (exact) mass is 189 g/mol. The molecule has 0 radical (unpaired) electrons. The smallest absolute Gasteiger partial charge is 0.132 e. The third-order valence-corrected chi connectivity index (χ3v) is 2.98. The van der Waals surface area contributed by atoms with Crippen molar-refractivity contribution in [2.75, 3.05) is 0 Å². The number of rotatable bonds is 1. The SMILES string of the molecule is CC(C)C1(C)C=NC=c2ccoc2=C1. The van der Waals surface area contributed by atoms with Gasteiger partial charge in [-0.2, -0.15) is 0 Å². The van der Waals surface area contributed by atoms with Crippen LogP contribution < -0.4 is 10.6 Å². The summed E-state index contributed by atoms with van der Waals surface area (Å²) in [5.41, 5.74) is 0.915. The van der Waals surface area contributed by atoms with Gasteiger partial charge in [0, 0.05) is 23.0 Å². The molecule has 0 N–H and O–H groups in total. The highest BCUT2D eigenvalue weighted by Crippen LogP contribution is 2.26. The molecule has 0 saturated carbocycles. The predicted octanol–water partition coefficient (Wildman–Crippen LogP) is 1.54. The third-order valence-electron chi connectivity index (χ3n) is 2.98. The first-order chi connectivity index (χ1) is 6.62. The molecule has 1 aliphatic rings. The van der Waals surface area contributed by atoms with Gasteiger partial charge in [0.05, 0.1) is 6.26 Å². The van der Waals surface area contributed by atoms with Crippen LogP contribution in [0.1, 0.15) is 20.8 Å². The second kappa shape index (κ2) is 3.12. The molecule has 1 unspecified atom stereocenters. The van der Waals surface area contributed by atoms with Gasteiger partial charge in [-0.05, 0) is 18.1 Å². The molecular weight excluding hydrogens is 174 g/mol. The van der Waals surface area contributed by atoms with Crippen LogP contribution in [0.5, 0.6) is 0 Å². The lowest BCUT2D eigenvalue weighted by molar-refractivity contribution is 0.438. The van der Waals surface area contributed by atoms with Crippen LogP contribution in [0.2, 0.25) is 0 Å². The zero-order chi connectivity index (χ0) is 10.2. The maximum Gasteiger partial charge on any atom is 0.132 e. The van der Waals surface area contributed by atoms with E-state index in [4.69, 9.17) is 4.42 Å². The molecule has 2 nitrogen and oxygen atoms in total. The molecule has 1 aliphatic heterocycles. The second-order valence-electron chi connectivity index (χ2n) is 4.31. The van der Waals surface area contributed by atoms with Crippen molar-refractivity contribution in [3.8, 4) is 0 Å². The third kappa shape index (κ3) is 1.41. The average molecular weight is 189 g/mol. The lowest BCUT2D eigenvalue weighted by atomic mass is 9.80. The van der Waals surface area contributed by atoms with E-state index in [-0.39, 0.29) is 5.41 Å². The van der Waals surface area contributed by atoms with Crippen molar-refractivity contribution in [2.45, 2.75) is 20.8 Å². The normalized spacial score (nSPS) is 25.1. The van der Waals surface area contributed by atoms with Gasteiger partial charge in [0.15, 0.2) is 0 Å². The van der Waals surface area contributed by atoms with E-state index in [9.17, 15) is 0 Å². The lowest BCUT2D eigenvalue weighted by Gasteiger charge is -2.24. The molecule has 0 aliphatic carbocycles. The zero-order valence-corrected chi connectivity index (χ0v) is 8.82. The molecule has 1 aromatic rings. The fraction of sp³-hybridized carbons (Fsp3) is 0.417. The molecule has 0 bridgehead atoms. The van der Waals surface area contributed by atoms with Gasteiger partial charge >= 0.3 is 0 Å². The largest absolute Gasteiger partial charge is 0.465 e. The minimum Gasteiger partial charge on any atom is -0.465 e. The predicted molar refractivity (Wildman–Crippen MR) is 58.3 cm³/mol. The van der Waals surface area contributed by atoms with Gasteiger partial charge in [-0.3, -0.25) is 4.99 Å². The van der Waals surface area contributed by atoms with Crippen LogP contribution in [0.4, 0.5) is 0 Å². The highest BCUT2D eigenvalue weighted by atomic mass is 16.3. The topological polar surface area (TPSA) is 25.5 Å². The minimum atomic E-state index is -0.0143. The van der Waals surface area contributed by atoms with Crippen molar-refractivity contribution < 1.29 is 4.42 Å². The van der Waals surface area contributed by atoms with Crippen LogP contribution in [-0.2, 0) is 0 Å².